The molecule has 0 aliphatic heterocycles. The van der Waals surface area contributed by atoms with E-state index in [0.29, 0.717) is 5.92 Å². The molecule has 3 aromatic rings. The van der Waals surface area contributed by atoms with E-state index in [9.17, 15) is 0 Å². The second-order valence-corrected chi connectivity index (χ2v) is 8.52. The summed E-state index contributed by atoms with van der Waals surface area (Å²) in [7, 11) is 3.43. The summed E-state index contributed by atoms with van der Waals surface area (Å²) in [6.07, 6.45) is 8.07. The first-order valence-corrected chi connectivity index (χ1v) is 11.0. The lowest BCUT2D eigenvalue weighted by atomic mass is 9.84. The van der Waals surface area contributed by atoms with E-state index in [4.69, 9.17) is 9.47 Å². The first-order valence-electron chi connectivity index (χ1n) is 11.0. The van der Waals surface area contributed by atoms with Crippen molar-refractivity contribution < 1.29 is 9.47 Å². The molecule has 0 unspecified atom stereocenters. The highest BCUT2D eigenvalue weighted by Crippen LogP contribution is 2.63. The lowest BCUT2D eigenvalue weighted by molar-refractivity contribution is 0.414. The average Bonchev–Trinajstić information content (AvgIpc) is 3.59. The van der Waals surface area contributed by atoms with E-state index in [1.165, 1.54) is 34.3 Å². The summed E-state index contributed by atoms with van der Waals surface area (Å²) < 4.78 is 10.8. The minimum Gasteiger partial charge on any atom is -0.497 e. The van der Waals surface area contributed by atoms with Crippen LogP contribution in [0, 0.1) is 5.92 Å². The van der Waals surface area contributed by atoms with Gasteiger partial charge in [0.1, 0.15) is 11.5 Å². The third-order valence-corrected chi connectivity index (χ3v) is 6.91. The summed E-state index contributed by atoms with van der Waals surface area (Å²) in [6, 6.07) is 28.0. The molecule has 0 heterocycles. The number of benzene rings is 3. The third-order valence-electron chi connectivity index (χ3n) is 6.91. The van der Waals surface area contributed by atoms with Gasteiger partial charge < -0.3 is 9.47 Å². The molecule has 2 heteroatoms. The smallest absolute Gasteiger partial charge is 0.118 e. The quantitative estimate of drug-likeness (QED) is 0.432. The molecule has 0 aromatic heterocycles. The Balaban J connectivity index is 1.66. The van der Waals surface area contributed by atoms with Gasteiger partial charge in [0.05, 0.1) is 14.2 Å². The van der Waals surface area contributed by atoms with Gasteiger partial charge in [-0.1, -0.05) is 72.3 Å². The molecule has 0 saturated heterocycles. The fourth-order valence-corrected chi connectivity index (χ4v) is 5.17. The van der Waals surface area contributed by atoms with E-state index >= 15 is 0 Å². The molecule has 3 aromatic carbocycles. The third kappa shape index (κ3) is 3.57. The molecule has 2 nitrogen and oxygen atoms in total. The Morgan fingerprint density at radius 2 is 1.32 bits per heavy atom. The van der Waals surface area contributed by atoms with Crippen molar-refractivity contribution in [3.05, 3.63) is 113 Å². The Morgan fingerprint density at radius 3 is 1.87 bits per heavy atom. The summed E-state index contributed by atoms with van der Waals surface area (Å²) in [5, 5.41) is 0. The first-order chi connectivity index (χ1) is 15.2. The second-order valence-electron chi connectivity index (χ2n) is 8.52. The largest absolute Gasteiger partial charge is 0.497 e. The topological polar surface area (TPSA) is 18.5 Å². The molecule has 1 saturated carbocycles. The summed E-state index contributed by atoms with van der Waals surface area (Å²) in [5.41, 5.74) is 7.06. The Labute approximate surface area is 184 Å². The molecule has 156 valence electrons. The van der Waals surface area contributed by atoms with Gasteiger partial charge in [-0.2, -0.15) is 0 Å². The van der Waals surface area contributed by atoms with Gasteiger partial charge in [-0.25, -0.2) is 0 Å². The second kappa shape index (κ2) is 8.11. The van der Waals surface area contributed by atoms with Gasteiger partial charge in [0.2, 0.25) is 0 Å². The van der Waals surface area contributed by atoms with Gasteiger partial charge in [0, 0.05) is 5.41 Å². The van der Waals surface area contributed by atoms with Crippen LogP contribution in [-0.4, -0.2) is 14.2 Å². The minimum absolute atomic E-state index is 0.230. The van der Waals surface area contributed by atoms with Crippen LogP contribution in [0.15, 0.2) is 96.6 Å². The maximum absolute atomic E-state index is 5.41. The molecule has 2 aliphatic rings. The number of ether oxygens (including phenoxy) is 2. The van der Waals surface area contributed by atoms with Crippen molar-refractivity contribution in [1.82, 2.24) is 0 Å². The van der Waals surface area contributed by atoms with Gasteiger partial charge in [-0.15, -0.1) is 0 Å². The van der Waals surface area contributed by atoms with Crippen LogP contribution in [0.25, 0.3) is 5.57 Å². The van der Waals surface area contributed by atoms with Crippen molar-refractivity contribution in [2.45, 2.75) is 24.7 Å². The zero-order valence-corrected chi connectivity index (χ0v) is 18.2. The van der Waals surface area contributed by atoms with E-state index in [2.05, 4.69) is 91.0 Å². The summed E-state index contributed by atoms with van der Waals surface area (Å²) >= 11 is 0. The molecule has 0 radical (unpaired) electrons. The normalized spacial score (nSPS) is 21.7. The first kappa shape index (κ1) is 19.7. The van der Waals surface area contributed by atoms with Crippen LogP contribution < -0.4 is 9.47 Å². The van der Waals surface area contributed by atoms with Gasteiger partial charge in [0.25, 0.3) is 0 Å². The van der Waals surface area contributed by atoms with Crippen LogP contribution >= 0.6 is 0 Å². The van der Waals surface area contributed by atoms with Gasteiger partial charge >= 0.3 is 0 Å². The SMILES string of the molecule is COc1ccc(C(=C2CC=CC[C@@]3(c4ccccc4)C[C@H]23)c2ccc(OC)cc2)cc1. The lowest BCUT2D eigenvalue weighted by Gasteiger charge is -2.20. The average molecular weight is 409 g/mol. The lowest BCUT2D eigenvalue weighted by Crippen LogP contribution is -2.10. The van der Waals surface area contributed by atoms with Crippen molar-refractivity contribution in [3.63, 3.8) is 0 Å². The van der Waals surface area contributed by atoms with Crippen LogP contribution in [0.2, 0.25) is 0 Å². The van der Waals surface area contributed by atoms with Crippen molar-refractivity contribution in [1.29, 1.82) is 0 Å². The Hall–Kier alpha value is -3.26. The van der Waals surface area contributed by atoms with Crippen LogP contribution in [-0.2, 0) is 5.41 Å². The predicted octanol–water partition coefficient (Wildman–Crippen LogP) is 6.81. The molecule has 0 spiro atoms. The zero-order chi connectivity index (χ0) is 21.3. The number of hydrogen-bond acceptors (Lipinski definition) is 2. The standard InChI is InChI=1S/C29H28O2/c1-30-24-15-11-21(12-16-24)28(22-13-17-25(31-2)18-14-22)26-10-6-7-19-29(20-27(26)29)23-8-4-3-5-9-23/h3-9,11-18,27H,10,19-20H2,1-2H3/t27-,29+/m1/s1. The summed E-state index contributed by atoms with van der Waals surface area (Å²) in [5.74, 6) is 2.33. The van der Waals surface area contributed by atoms with Crippen LogP contribution in [0.5, 0.6) is 11.5 Å². The number of methoxy groups -OCH3 is 2. The van der Waals surface area contributed by atoms with Gasteiger partial charge in [0.15, 0.2) is 0 Å². The highest BCUT2D eigenvalue weighted by molar-refractivity contribution is 5.84. The maximum Gasteiger partial charge on any atom is 0.118 e. The number of rotatable bonds is 5. The maximum atomic E-state index is 5.41. The monoisotopic (exact) mass is 408 g/mol. The van der Waals surface area contributed by atoms with Crippen molar-refractivity contribution in [2.24, 2.45) is 5.92 Å². The van der Waals surface area contributed by atoms with E-state index < -0.39 is 0 Å². The fraction of sp³-hybridized carbons (Fsp3) is 0.241. The molecular weight excluding hydrogens is 380 g/mol. The van der Waals surface area contributed by atoms with E-state index in [1.54, 1.807) is 14.2 Å². The molecular formula is C29H28O2. The summed E-state index contributed by atoms with van der Waals surface area (Å²) in [4.78, 5) is 0. The van der Waals surface area contributed by atoms with Crippen molar-refractivity contribution in [2.75, 3.05) is 14.2 Å². The van der Waals surface area contributed by atoms with Crippen LogP contribution in [0.1, 0.15) is 36.0 Å². The van der Waals surface area contributed by atoms with E-state index in [0.717, 1.165) is 24.3 Å². The Morgan fingerprint density at radius 1 is 0.742 bits per heavy atom. The minimum atomic E-state index is 0.230. The fourth-order valence-electron chi connectivity index (χ4n) is 5.17. The molecule has 31 heavy (non-hydrogen) atoms. The van der Waals surface area contributed by atoms with Crippen LogP contribution in [0.3, 0.4) is 0 Å². The van der Waals surface area contributed by atoms with Crippen molar-refractivity contribution in [3.8, 4) is 11.5 Å². The summed E-state index contributed by atoms with van der Waals surface area (Å²) in [6.45, 7) is 0. The van der Waals surface area contributed by atoms with E-state index in [-0.39, 0.29) is 5.41 Å². The molecule has 2 aliphatic carbocycles. The molecule has 0 N–H and O–H groups in total. The molecule has 0 amide bonds. The van der Waals surface area contributed by atoms with Crippen LogP contribution in [0.4, 0.5) is 0 Å². The van der Waals surface area contributed by atoms with Crippen molar-refractivity contribution >= 4 is 5.57 Å². The number of hydrogen-bond donors (Lipinski definition) is 0. The van der Waals surface area contributed by atoms with Gasteiger partial charge in [-0.3, -0.25) is 0 Å². The number of allylic oxidation sites excluding steroid dienone is 3. The molecule has 2 atom stereocenters. The molecule has 5 rings (SSSR count). The Kier molecular flexibility index (Phi) is 5.15. The predicted molar refractivity (Wildman–Crippen MR) is 127 cm³/mol. The zero-order valence-electron chi connectivity index (χ0n) is 18.2. The highest BCUT2D eigenvalue weighted by Gasteiger charge is 2.56. The molecule has 1 fully saturated rings. The number of fused-ring (bicyclic) bond motifs is 1. The van der Waals surface area contributed by atoms with E-state index in [1.807, 2.05) is 0 Å². The molecule has 0 bridgehead atoms. The Bertz CT molecular complexity index is 1060. The van der Waals surface area contributed by atoms with Gasteiger partial charge in [-0.05, 0) is 71.7 Å². The highest BCUT2D eigenvalue weighted by atomic mass is 16.5.